The van der Waals surface area contributed by atoms with Gasteiger partial charge >= 0.3 is 5.97 Å². The van der Waals surface area contributed by atoms with Gasteiger partial charge in [0.25, 0.3) is 0 Å². The van der Waals surface area contributed by atoms with Gasteiger partial charge in [-0.2, -0.15) is 0 Å². The van der Waals surface area contributed by atoms with Gasteiger partial charge in [0.05, 0.1) is 18.7 Å². The van der Waals surface area contributed by atoms with Crippen molar-refractivity contribution in [3.05, 3.63) is 40.0 Å². The third kappa shape index (κ3) is 3.88. The zero-order valence-electron chi connectivity index (χ0n) is 14.8. The molecule has 0 radical (unpaired) electrons. The molecule has 1 aromatic carbocycles. The van der Waals surface area contributed by atoms with E-state index in [1.54, 1.807) is 14.0 Å². The molecule has 1 atom stereocenters. The number of benzene rings is 1. The van der Waals surface area contributed by atoms with Crippen LogP contribution in [-0.2, 0) is 17.6 Å². The Bertz CT molecular complexity index is 832. The Labute approximate surface area is 161 Å². The molecule has 0 saturated carbocycles. The number of anilines is 1. The Kier molecular flexibility index (Phi) is 5.88. The van der Waals surface area contributed by atoms with E-state index in [9.17, 15) is 4.79 Å². The predicted molar refractivity (Wildman–Crippen MR) is 103 cm³/mol. The van der Waals surface area contributed by atoms with Crippen molar-refractivity contribution in [3.8, 4) is 5.75 Å². The van der Waals surface area contributed by atoms with Crippen LogP contribution in [0.2, 0.25) is 5.02 Å². The first-order chi connectivity index (χ1) is 12.5. The van der Waals surface area contributed by atoms with Crippen molar-refractivity contribution in [1.82, 2.24) is 9.97 Å². The zero-order chi connectivity index (χ0) is 18.7. The van der Waals surface area contributed by atoms with Gasteiger partial charge < -0.3 is 14.8 Å². The Morgan fingerprint density at radius 1 is 1.38 bits per heavy atom. The topological polar surface area (TPSA) is 73.3 Å². The molecule has 0 saturated heterocycles. The molecule has 8 heteroatoms. The van der Waals surface area contributed by atoms with Gasteiger partial charge in [-0.25, -0.2) is 14.8 Å². The highest BCUT2D eigenvalue weighted by atomic mass is 35.5. The van der Waals surface area contributed by atoms with Crippen LogP contribution in [-0.4, -0.2) is 42.0 Å². The van der Waals surface area contributed by atoms with Crippen LogP contribution in [0.3, 0.4) is 0 Å². The van der Waals surface area contributed by atoms with Gasteiger partial charge in [-0.05, 0) is 49.3 Å². The van der Waals surface area contributed by atoms with Gasteiger partial charge in [-0.15, -0.1) is 0 Å². The third-order valence-electron chi connectivity index (χ3n) is 4.19. The number of nitrogens with one attached hydrogen (secondary N) is 1. The fourth-order valence-corrected chi connectivity index (χ4v) is 3.61. The van der Waals surface area contributed by atoms with Crippen molar-refractivity contribution in [3.63, 3.8) is 0 Å². The molecule has 1 aromatic heterocycles. The number of esters is 1. The van der Waals surface area contributed by atoms with E-state index in [0.29, 0.717) is 33.9 Å². The average Bonchev–Trinajstić information content (AvgIpc) is 3.01. The highest BCUT2D eigenvalue weighted by Crippen LogP contribution is 2.34. The maximum Gasteiger partial charge on any atom is 0.343 e. The molecule has 2 aromatic rings. The number of hydrogen-bond donors (Lipinski definition) is 1. The van der Waals surface area contributed by atoms with Crippen LogP contribution in [0, 0.1) is 0 Å². The maximum absolute atomic E-state index is 12.2. The minimum Gasteiger partial charge on any atom is -0.495 e. The van der Waals surface area contributed by atoms with E-state index >= 15 is 0 Å². The standard InChI is InChI=1S/C18H20ClN3O3S/c1-4-25-17(23)13-9-20-18(26-3)22-16(13)21-12-5-10-7-14(19)15(24-2)8-11(10)6-12/h7-9,12H,4-6H2,1-3H3,(H,20,21,22). The molecule has 0 amide bonds. The van der Waals surface area contributed by atoms with E-state index < -0.39 is 5.97 Å². The Morgan fingerprint density at radius 3 is 2.77 bits per heavy atom. The lowest BCUT2D eigenvalue weighted by Gasteiger charge is -2.16. The summed E-state index contributed by atoms with van der Waals surface area (Å²) >= 11 is 7.65. The summed E-state index contributed by atoms with van der Waals surface area (Å²) in [5, 5.41) is 4.58. The largest absolute Gasteiger partial charge is 0.495 e. The summed E-state index contributed by atoms with van der Waals surface area (Å²) in [6.07, 6.45) is 4.99. The number of methoxy groups -OCH3 is 1. The van der Waals surface area contributed by atoms with Crippen molar-refractivity contribution in [1.29, 1.82) is 0 Å². The van der Waals surface area contributed by atoms with Gasteiger partial charge in [0, 0.05) is 12.2 Å². The lowest BCUT2D eigenvalue weighted by atomic mass is 10.1. The summed E-state index contributed by atoms with van der Waals surface area (Å²) in [6.45, 7) is 2.07. The van der Waals surface area contributed by atoms with Gasteiger partial charge in [0.15, 0.2) is 5.16 Å². The number of ether oxygens (including phenoxy) is 2. The maximum atomic E-state index is 12.2. The summed E-state index contributed by atoms with van der Waals surface area (Å²) < 4.78 is 10.4. The van der Waals surface area contributed by atoms with Crippen molar-refractivity contribution < 1.29 is 14.3 Å². The minimum absolute atomic E-state index is 0.103. The summed E-state index contributed by atoms with van der Waals surface area (Å²) in [5.74, 6) is 0.742. The first kappa shape index (κ1) is 18.8. The van der Waals surface area contributed by atoms with Crippen molar-refractivity contribution >= 4 is 35.1 Å². The third-order valence-corrected chi connectivity index (χ3v) is 5.05. The van der Waals surface area contributed by atoms with Gasteiger partial charge in [-0.3, -0.25) is 0 Å². The Hall–Kier alpha value is -1.99. The number of fused-ring (bicyclic) bond motifs is 1. The predicted octanol–water partition coefficient (Wildman–Crippen LogP) is 3.62. The molecule has 1 N–H and O–H groups in total. The monoisotopic (exact) mass is 393 g/mol. The number of rotatable bonds is 6. The highest BCUT2D eigenvalue weighted by molar-refractivity contribution is 7.98. The van der Waals surface area contributed by atoms with Crippen molar-refractivity contribution in [2.75, 3.05) is 25.3 Å². The van der Waals surface area contributed by atoms with E-state index in [-0.39, 0.29) is 6.04 Å². The molecule has 1 aliphatic rings. The molecular formula is C18H20ClN3O3S. The van der Waals surface area contributed by atoms with Crippen molar-refractivity contribution in [2.45, 2.75) is 31.0 Å². The van der Waals surface area contributed by atoms with Crippen LogP contribution >= 0.6 is 23.4 Å². The molecule has 1 heterocycles. The lowest BCUT2D eigenvalue weighted by molar-refractivity contribution is 0.0526. The number of carbonyl (C=O) groups is 1. The van der Waals surface area contributed by atoms with Crippen LogP contribution in [0.15, 0.2) is 23.5 Å². The summed E-state index contributed by atoms with van der Waals surface area (Å²) in [4.78, 5) is 20.9. The molecule has 26 heavy (non-hydrogen) atoms. The summed E-state index contributed by atoms with van der Waals surface area (Å²) in [7, 11) is 1.61. The van der Waals surface area contributed by atoms with Gasteiger partial charge in [-0.1, -0.05) is 23.4 Å². The first-order valence-electron chi connectivity index (χ1n) is 8.25. The fourth-order valence-electron chi connectivity index (χ4n) is 3.00. The van der Waals surface area contributed by atoms with E-state index in [4.69, 9.17) is 21.1 Å². The number of thioether (sulfide) groups is 1. The highest BCUT2D eigenvalue weighted by Gasteiger charge is 2.26. The Balaban J connectivity index is 1.84. The SMILES string of the molecule is CCOC(=O)c1cnc(SC)nc1NC1Cc2cc(Cl)c(OC)cc2C1. The van der Waals surface area contributed by atoms with E-state index in [2.05, 4.69) is 15.3 Å². The normalized spacial score (nSPS) is 15.5. The lowest BCUT2D eigenvalue weighted by Crippen LogP contribution is -2.23. The van der Waals surface area contributed by atoms with Crippen LogP contribution < -0.4 is 10.1 Å². The Morgan fingerprint density at radius 2 is 2.12 bits per heavy atom. The molecule has 0 spiro atoms. The average molecular weight is 394 g/mol. The van der Waals surface area contributed by atoms with Crippen LogP contribution in [0.25, 0.3) is 0 Å². The summed E-state index contributed by atoms with van der Waals surface area (Å²) in [6, 6.07) is 4.02. The molecule has 6 nitrogen and oxygen atoms in total. The summed E-state index contributed by atoms with van der Waals surface area (Å²) in [5.41, 5.74) is 2.70. The second-order valence-corrected chi connectivity index (χ2v) is 7.03. The number of hydrogen-bond acceptors (Lipinski definition) is 7. The molecule has 138 valence electrons. The number of halogens is 1. The van der Waals surface area contributed by atoms with Crippen LogP contribution in [0.4, 0.5) is 5.82 Å². The first-order valence-corrected chi connectivity index (χ1v) is 9.86. The number of nitrogens with zero attached hydrogens (tertiary/aromatic N) is 2. The molecular weight excluding hydrogens is 374 g/mol. The number of aromatic nitrogens is 2. The van der Waals surface area contributed by atoms with Gasteiger partial charge in [0.1, 0.15) is 17.1 Å². The second kappa shape index (κ2) is 8.14. The van der Waals surface area contributed by atoms with E-state index in [1.807, 2.05) is 18.4 Å². The molecule has 0 fully saturated rings. The number of carbonyl (C=O) groups excluding carboxylic acids is 1. The van der Waals surface area contributed by atoms with Crippen molar-refractivity contribution in [2.24, 2.45) is 0 Å². The second-order valence-electron chi connectivity index (χ2n) is 5.84. The van der Waals surface area contributed by atoms with Crippen LogP contribution in [0.5, 0.6) is 5.75 Å². The molecule has 1 aliphatic carbocycles. The molecule has 3 rings (SSSR count). The zero-order valence-corrected chi connectivity index (χ0v) is 16.4. The quantitative estimate of drug-likeness (QED) is 0.456. The fraction of sp³-hybridized carbons (Fsp3) is 0.389. The van der Waals surface area contributed by atoms with Gasteiger partial charge in [0.2, 0.25) is 0 Å². The molecule has 0 bridgehead atoms. The van der Waals surface area contributed by atoms with E-state index in [1.165, 1.54) is 29.1 Å². The molecule has 0 aliphatic heterocycles. The van der Waals surface area contributed by atoms with Crippen LogP contribution in [0.1, 0.15) is 28.4 Å². The molecule has 1 unspecified atom stereocenters. The van der Waals surface area contributed by atoms with E-state index in [0.717, 1.165) is 12.8 Å². The smallest absolute Gasteiger partial charge is 0.343 e. The minimum atomic E-state index is -0.428.